The van der Waals surface area contributed by atoms with Gasteiger partial charge >= 0.3 is 0 Å². The molecule has 0 saturated heterocycles. The van der Waals surface area contributed by atoms with Crippen LogP contribution in [0.25, 0.3) is 0 Å². The Labute approximate surface area is 107 Å². The molecule has 4 nitrogen and oxygen atoms in total. The van der Waals surface area contributed by atoms with Crippen molar-refractivity contribution in [1.29, 1.82) is 0 Å². The van der Waals surface area contributed by atoms with Crippen LogP contribution in [0, 0.1) is 12.7 Å². The third-order valence-corrected chi connectivity index (χ3v) is 2.72. The standard InChI is InChI=1S/C13H20FN3O/c1-3-17(7-6-15)9-13(18)16-11-5-4-10(2)12(14)8-11/h4-5,8H,3,6-7,9,15H2,1-2H3,(H,16,18). The largest absolute Gasteiger partial charge is 0.329 e. The average Bonchev–Trinajstić information content (AvgIpc) is 2.33. The van der Waals surface area contributed by atoms with Crippen molar-refractivity contribution in [3.8, 4) is 0 Å². The highest BCUT2D eigenvalue weighted by Crippen LogP contribution is 2.13. The van der Waals surface area contributed by atoms with Crippen LogP contribution in [-0.2, 0) is 4.79 Å². The second kappa shape index (κ2) is 7.08. The topological polar surface area (TPSA) is 58.4 Å². The van der Waals surface area contributed by atoms with Crippen LogP contribution in [0.4, 0.5) is 10.1 Å². The summed E-state index contributed by atoms with van der Waals surface area (Å²) >= 11 is 0. The molecule has 5 heteroatoms. The first-order valence-electron chi connectivity index (χ1n) is 6.05. The molecular weight excluding hydrogens is 233 g/mol. The highest BCUT2D eigenvalue weighted by molar-refractivity contribution is 5.92. The molecule has 0 bridgehead atoms. The minimum Gasteiger partial charge on any atom is -0.329 e. The van der Waals surface area contributed by atoms with Crippen LogP contribution >= 0.6 is 0 Å². The zero-order chi connectivity index (χ0) is 13.5. The van der Waals surface area contributed by atoms with E-state index >= 15 is 0 Å². The first-order chi connectivity index (χ1) is 8.56. The smallest absolute Gasteiger partial charge is 0.238 e. The number of aryl methyl sites for hydroxylation is 1. The van der Waals surface area contributed by atoms with E-state index in [0.29, 0.717) is 24.3 Å². The Morgan fingerprint density at radius 3 is 2.78 bits per heavy atom. The Morgan fingerprint density at radius 2 is 2.22 bits per heavy atom. The van der Waals surface area contributed by atoms with Gasteiger partial charge in [-0.15, -0.1) is 0 Å². The molecule has 0 spiro atoms. The van der Waals surface area contributed by atoms with E-state index in [1.165, 1.54) is 6.07 Å². The number of likely N-dealkylation sites (N-methyl/N-ethyl adjacent to an activating group) is 1. The first-order valence-corrected chi connectivity index (χ1v) is 6.05. The molecule has 3 N–H and O–H groups in total. The second-order valence-electron chi connectivity index (χ2n) is 4.17. The molecule has 0 aliphatic rings. The van der Waals surface area contributed by atoms with Crippen molar-refractivity contribution in [2.75, 3.05) is 31.5 Å². The quantitative estimate of drug-likeness (QED) is 0.804. The zero-order valence-corrected chi connectivity index (χ0v) is 10.9. The summed E-state index contributed by atoms with van der Waals surface area (Å²) in [5.41, 5.74) is 6.49. The second-order valence-corrected chi connectivity index (χ2v) is 4.17. The van der Waals surface area contributed by atoms with E-state index in [1.54, 1.807) is 19.1 Å². The van der Waals surface area contributed by atoms with Crippen LogP contribution in [0.2, 0.25) is 0 Å². The van der Waals surface area contributed by atoms with Crippen LogP contribution < -0.4 is 11.1 Å². The van der Waals surface area contributed by atoms with E-state index in [-0.39, 0.29) is 18.3 Å². The summed E-state index contributed by atoms with van der Waals surface area (Å²) in [5, 5.41) is 2.67. The van der Waals surface area contributed by atoms with Gasteiger partial charge in [-0.1, -0.05) is 13.0 Å². The molecule has 1 aromatic rings. The van der Waals surface area contributed by atoms with Gasteiger partial charge < -0.3 is 11.1 Å². The number of nitrogens with two attached hydrogens (primary N) is 1. The lowest BCUT2D eigenvalue weighted by molar-refractivity contribution is -0.117. The van der Waals surface area contributed by atoms with Gasteiger partial charge in [0, 0.05) is 18.8 Å². The lowest BCUT2D eigenvalue weighted by atomic mass is 10.2. The summed E-state index contributed by atoms with van der Waals surface area (Å²) in [6, 6.07) is 4.66. The third-order valence-electron chi connectivity index (χ3n) is 2.72. The fraction of sp³-hybridized carbons (Fsp3) is 0.462. The Hall–Kier alpha value is -1.46. The Balaban J connectivity index is 2.55. The molecule has 0 unspecified atom stereocenters. The van der Waals surface area contributed by atoms with Gasteiger partial charge in [-0.3, -0.25) is 9.69 Å². The van der Waals surface area contributed by atoms with Crippen LogP contribution in [0.3, 0.4) is 0 Å². The Kier molecular flexibility index (Phi) is 5.74. The van der Waals surface area contributed by atoms with Gasteiger partial charge in [-0.2, -0.15) is 0 Å². The number of halogens is 1. The SMILES string of the molecule is CCN(CCN)CC(=O)Nc1ccc(C)c(F)c1. The van der Waals surface area contributed by atoms with Crippen LogP contribution in [0.5, 0.6) is 0 Å². The van der Waals surface area contributed by atoms with E-state index in [0.717, 1.165) is 6.54 Å². The summed E-state index contributed by atoms with van der Waals surface area (Å²) in [5.74, 6) is -0.476. The average molecular weight is 253 g/mol. The molecule has 0 aliphatic carbocycles. The summed E-state index contributed by atoms with van der Waals surface area (Å²) in [4.78, 5) is 13.7. The molecule has 1 aromatic carbocycles. The summed E-state index contributed by atoms with van der Waals surface area (Å²) < 4.78 is 13.3. The molecule has 1 rings (SSSR count). The summed E-state index contributed by atoms with van der Waals surface area (Å²) in [6.07, 6.45) is 0. The van der Waals surface area contributed by atoms with Crippen molar-refractivity contribution in [3.05, 3.63) is 29.6 Å². The van der Waals surface area contributed by atoms with Crippen LogP contribution in [0.15, 0.2) is 18.2 Å². The molecule has 0 aliphatic heterocycles. The maximum Gasteiger partial charge on any atom is 0.238 e. The van der Waals surface area contributed by atoms with Crippen molar-refractivity contribution in [3.63, 3.8) is 0 Å². The summed E-state index contributed by atoms with van der Waals surface area (Å²) in [7, 11) is 0. The third kappa shape index (κ3) is 4.43. The maximum atomic E-state index is 13.3. The minimum atomic E-state index is -0.317. The van der Waals surface area contributed by atoms with Crippen molar-refractivity contribution in [1.82, 2.24) is 4.90 Å². The lowest BCUT2D eigenvalue weighted by Gasteiger charge is -2.18. The van der Waals surface area contributed by atoms with Gasteiger partial charge in [-0.25, -0.2) is 4.39 Å². The monoisotopic (exact) mass is 253 g/mol. The molecule has 0 radical (unpaired) electrons. The zero-order valence-electron chi connectivity index (χ0n) is 10.9. The van der Waals surface area contributed by atoms with Crippen LogP contribution in [-0.4, -0.2) is 37.0 Å². The number of nitrogens with one attached hydrogen (secondary N) is 1. The number of amides is 1. The van der Waals surface area contributed by atoms with Gasteiger partial charge in [0.15, 0.2) is 0 Å². The van der Waals surface area contributed by atoms with Crippen LogP contribution in [0.1, 0.15) is 12.5 Å². The van der Waals surface area contributed by atoms with E-state index in [9.17, 15) is 9.18 Å². The predicted molar refractivity (Wildman–Crippen MR) is 70.9 cm³/mol. The molecule has 0 fully saturated rings. The number of carbonyl (C=O) groups is 1. The molecule has 1 amide bonds. The number of anilines is 1. The van der Waals surface area contributed by atoms with Gasteiger partial charge in [0.25, 0.3) is 0 Å². The highest BCUT2D eigenvalue weighted by Gasteiger charge is 2.09. The molecule has 100 valence electrons. The van der Waals surface area contributed by atoms with E-state index in [1.807, 2.05) is 11.8 Å². The van der Waals surface area contributed by atoms with Crippen molar-refractivity contribution < 1.29 is 9.18 Å². The molecule has 0 atom stereocenters. The van der Waals surface area contributed by atoms with E-state index in [4.69, 9.17) is 5.73 Å². The van der Waals surface area contributed by atoms with Crippen molar-refractivity contribution in [2.24, 2.45) is 5.73 Å². The van der Waals surface area contributed by atoms with E-state index < -0.39 is 0 Å². The molecular formula is C13H20FN3O. The van der Waals surface area contributed by atoms with Crippen molar-refractivity contribution >= 4 is 11.6 Å². The lowest BCUT2D eigenvalue weighted by Crippen LogP contribution is -2.36. The Bertz CT molecular complexity index is 409. The van der Waals surface area contributed by atoms with Gasteiger partial charge in [0.05, 0.1) is 6.54 Å². The molecule has 18 heavy (non-hydrogen) atoms. The molecule has 0 aromatic heterocycles. The summed E-state index contributed by atoms with van der Waals surface area (Å²) in [6.45, 7) is 5.86. The number of benzene rings is 1. The number of carbonyl (C=O) groups excluding carboxylic acids is 1. The first kappa shape index (κ1) is 14.6. The minimum absolute atomic E-state index is 0.159. The van der Waals surface area contributed by atoms with E-state index in [2.05, 4.69) is 5.32 Å². The fourth-order valence-electron chi connectivity index (χ4n) is 1.61. The maximum absolute atomic E-state index is 13.3. The number of nitrogens with zero attached hydrogens (tertiary/aromatic N) is 1. The molecule has 0 heterocycles. The van der Waals surface area contributed by atoms with Gasteiger partial charge in [0.1, 0.15) is 5.82 Å². The molecule has 0 saturated carbocycles. The number of hydrogen-bond acceptors (Lipinski definition) is 3. The predicted octanol–water partition coefficient (Wildman–Crippen LogP) is 1.35. The number of rotatable bonds is 6. The highest BCUT2D eigenvalue weighted by atomic mass is 19.1. The van der Waals surface area contributed by atoms with Gasteiger partial charge in [-0.05, 0) is 31.2 Å². The van der Waals surface area contributed by atoms with Gasteiger partial charge in [0.2, 0.25) is 5.91 Å². The fourth-order valence-corrected chi connectivity index (χ4v) is 1.61. The Morgan fingerprint density at radius 1 is 1.50 bits per heavy atom. The number of hydrogen-bond donors (Lipinski definition) is 2. The normalized spacial score (nSPS) is 10.7. The van der Waals surface area contributed by atoms with Crippen molar-refractivity contribution in [2.45, 2.75) is 13.8 Å².